The molecule has 1 atom stereocenters. The molecule has 21 heavy (non-hydrogen) atoms. The highest BCUT2D eigenvalue weighted by atomic mass is 16.5. The second kappa shape index (κ2) is 9.60. The highest BCUT2D eigenvalue weighted by molar-refractivity contribution is 5.74. The number of rotatable bonds is 8. The topological polar surface area (TPSA) is 87.7 Å². The van der Waals surface area contributed by atoms with Gasteiger partial charge in [-0.3, -0.25) is 4.79 Å². The summed E-state index contributed by atoms with van der Waals surface area (Å²) in [6.45, 7) is 6.17. The van der Waals surface area contributed by atoms with Crippen molar-refractivity contribution in [3.8, 4) is 0 Å². The quantitative estimate of drug-likeness (QED) is 0.639. The molecule has 0 aliphatic carbocycles. The van der Waals surface area contributed by atoms with E-state index in [1.165, 1.54) is 0 Å². The van der Waals surface area contributed by atoms with Gasteiger partial charge in [0.15, 0.2) is 0 Å². The second-order valence-corrected chi connectivity index (χ2v) is 6.01. The lowest BCUT2D eigenvalue weighted by molar-refractivity contribution is -0.137. The van der Waals surface area contributed by atoms with E-state index in [1.54, 1.807) is 0 Å². The highest BCUT2D eigenvalue weighted by Crippen LogP contribution is 2.20. The van der Waals surface area contributed by atoms with E-state index in [0.29, 0.717) is 38.0 Å². The number of hydrogen-bond donors (Lipinski definition) is 3. The third-order valence-electron chi connectivity index (χ3n) is 4.03. The first-order valence-corrected chi connectivity index (χ1v) is 7.83. The van der Waals surface area contributed by atoms with Crippen molar-refractivity contribution in [1.82, 2.24) is 10.6 Å². The maximum absolute atomic E-state index is 11.8. The zero-order chi connectivity index (χ0) is 15.7. The van der Waals surface area contributed by atoms with Crippen LogP contribution >= 0.6 is 0 Å². The molecular formula is C15H28N2O4. The Labute approximate surface area is 126 Å². The van der Waals surface area contributed by atoms with Crippen LogP contribution in [0.3, 0.4) is 0 Å². The summed E-state index contributed by atoms with van der Waals surface area (Å²) in [5.41, 5.74) is 0. The largest absolute Gasteiger partial charge is 0.481 e. The number of urea groups is 1. The van der Waals surface area contributed by atoms with E-state index in [2.05, 4.69) is 24.5 Å². The van der Waals surface area contributed by atoms with Gasteiger partial charge < -0.3 is 20.5 Å². The molecular weight excluding hydrogens is 272 g/mol. The van der Waals surface area contributed by atoms with Gasteiger partial charge in [0.25, 0.3) is 0 Å². The van der Waals surface area contributed by atoms with E-state index in [4.69, 9.17) is 9.84 Å². The molecule has 0 saturated carbocycles. The second-order valence-electron chi connectivity index (χ2n) is 6.01. The molecule has 3 N–H and O–H groups in total. The van der Waals surface area contributed by atoms with Crippen LogP contribution < -0.4 is 10.6 Å². The summed E-state index contributed by atoms with van der Waals surface area (Å²) in [5, 5.41) is 14.6. The van der Waals surface area contributed by atoms with Gasteiger partial charge >= 0.3 is 12.0 Å². The first kappa shape index (κ1) is 17.8. The molecule has 1 unspecified atom stereocenters. The molecule has 1 saturated heterocycles. The van der Waals surface area contributed by atoms with Crippen molar-refractivity contribution in [3.63, 3.8) is 0 Å². The SMILES string of the molecule is CC(C)C(CCNC(=O)NC1CCOCC1)CCC(=O)O. The molecule has 6 nitrogen and oxygen atoms in total. The molecule has 1 fully saturated rings. The predicted molar refractivity (Wildman–Crippen MR) is 80.2 cm³/mol. The van der Waals surface area contributed by atoms with E-state index in [9.17, 15) is 9.59 Å². The number of carboxylic acid groups (broad SMARTS) is 1. The molecule has 1 aliphatic heterocycles. The molecule has 1 aliphatic rings. The maximum Gasteiger partial charge on any atom is 0.315 e. The molecule has 122 valence electrons. The van der Waals surface area contributed by atoms with Crippen LogP contribution in [0.4, 0.5) is 4.79 Å². The number of nitrogens with one attached hydrogen (secondary N) is 2. The molecule has 0 radical (unpaired) electrons. The first-order valence-electron chi connectivity index (χ1n) is 7.83. The van der Waals surface area contributed by atoms with Crippen LogP contribution in [0.25, 0.3) is 0 Å². The number of carbonyl (C=O) groups is 2. The summed E-state index contributed by atoms with van der Waals surface area (Å²) >= 11 is 0. The molecule has 1 heterocycles. The van der Waals surface area contributed by atoms with Crippen molar-refractivity contribution in [1.29, 1.82) is 0 Å². The van der Waals surface area contributed by atoms with Gasteiger partial charge in [0, 0.05) is 32.2 Å². The number of aliphatic carboxylic acids is 1. The summed E-state index contributed by atoms with van der Waals surface area (Å²) in [6, 6.07) is 0.0642. The molecule has 2 amide bonds. The molecule has 6 heteroatoms. The standard InChI is InChI=1S/C15H28N2O4/c1-11(2)12(3-4-14(18)19)5-8-16-15(20)17-13-6-9-21-10-7-13/h11-13H,3-10H2,1-2H3,(H,18,19)(H2,16,17,20). The first-order chi connectivity index (χ1) is 9.99. The van der Waals surface area contributed by atoms with Crippen molar-refractivity contribution in [2.75, 3.05) is 19.8 Å². The Morgan fingerprint density at radius 3 is 2.48 bits per heavy atom. The average molecular weight is 300 g/mol. The van der Waals surface area contributed by atoms with Crippen molar-refractivity contribution in [3.05, 3.63) is 0 Å². The van der Waals surface area contributed by atoms with Crippen molar-refractivity contribution in [2.24, 2.45) is 11.8 Å². The van der Waals surface area contributed by atoms with Crippen LogP contribution in [0, 0.1) is 11.8 Å². The Kier molecular flexibility index (Phi) is 8.12. The Morgan fingerprint density at radius 1 is 1.24 bits per heavy atom. The summed E-state index contributed by atoms with van der Waals surface area (Å²) in [5.74, 6) is -0.0138. The summed E-state index contributed by atoms with van der Waals surface area (Å²) in [4.78, 5) is 22.4. The van der Waals surface area contributed by atoms with E-state index >= 15 is 0 Å². The predicted octanol–water partition coefficient (Wildman–Crippen LogP) is 1.99. The van der Waals surface area contributed by atoms with Gasteiger partial charge in [0.05, 0.1) is 0 Å². The Hall–Kier alpha value is -1.30. The third kappa shape index (κ3) is 7.90. The fourth-order valence-electron chi connectivity index (χ4n) is 2.57. The molecule has 1 rings (SSSR count). The molecule has 0 spiro atoms. The molecule has 0 bridgehead atoms. The minimum Gasteiger partial charge on any atom is -0.481 e. The Bertz CT molecular complexity index is 328. The zero-order valence-electron chi connectivity index (χ0n) is 13.1. The van der Waals surface area contributed by atoms with Crippen LogP contribution in [0.15, 0.2) is 0 Å². The van der Waals surface area contributed by atoms with E-state index in [0.717, 1.165) is 19.3 Å². The maximum atomic E-state index is 11.8. The number of carboxylic acids is 1. The van der Waals surface area contributed by atoms with E-state index < -0.39 is 5.97 Å². The highest BCUT2D eigenvalue weighted by Gasteiger charge is 2.17. The van der Waals surface area contributed by atoms with Crippen LogP contribution in [0.2, 0.25) is 0 Å². The summed E-state index contributed by atoms with van der Waals surface area (Å²) < 4.78 is 5.25. The minimum atomic E-state index is -0.758. The molecule has 0 aromatic rings. The number of carbonyl (C=O) groups excluding carboxylic acids is 1. The Morgan fingerprint density at radius 2 is 1.90 bits per heavy atom. The summed E-state index contributed by atoms with van der Waals surface area (Å²) in [7, 11) is 0. The Balaban J connectivity index is 2.19. The van der Waals surface area contributed by atoms with Crippen LogP contribution in [-0.4, -0.2) is 42.9 Å². The number of ether oxygens (including phenoxy) is 1. The van der Waals surface area contributed by atoms with Gasteiger partial charge in [-0.25, -0.2) is 4.79 Å². The molecule has 0 aromatic carbocycles. The van der Waals surface area contributed by atoms with Gasteiger partial charge in [0.2, 0.25) is 0 Å². The minimum absolute atomic E-state index is 0.136. The lowest BCUT2D eigenvalue weighted by atomic mass is 9.88. The van der Waals surface area contributed by atoms with E-state index in [1.807, 2.05) is 0 Å². The number of hydrogen-bond acceptors (Lipinski definition) is 3. The normalized spacial score (nSPS) is 17.5. The smallest absolute Gasteiger partial charge is 0.315 e. The van der Waals surface area contributed by atoms with Crippen LogP contribution in [0.5, 0.6) is 0 Å². The summed E-state index contributed by atoms with van der Waals surface area (Å²) in [6.07, 6.45) is 3.39. The van der Waals surface area contributed by atoms with Crippen LogP contribution in [-0.2, 0) is 9.53 Å². The lowest BCUT2D eigenvalue weighted by Crippen LogP contribution is -2.45. The molecule has 0 aromatic heterocycles. The van der Waals surface area contributed by atoms with Gasteiger partial charge in [-0.2, -0.15) is 0 Å². The van der Waals surface area contributed by atoms with E-state index in [-0.39, 0.29) is 18.5 Å². The van der Waals surface area contributed by atoms with Crippen molar-refractivity contribution in [2.45, 2.75) is 52.0 Å². The van der Waals surface area contributed by atoms with Gasteiger partial charge in [-0.05, 0) is 37.5 Å². The average Bonchev–Trinajstić information content (AvgIpc) is 2.43. The van der Waals surface area contributed by atoms with Crippen molar-refractivity contribution < 1.29 is 19.4 Å². The van der Waals surface area contributed by atoms with Crippen molar-refractivity contribution >= 4 is 12.0 Å². The third-order valence-corrected chi connectivity index (χ3v) is 4.03. The lowest BCUT2D eigenvalue weighted by Gasteiger charge is -2.24. The van der Waals surface area contributed by atoms with Gasteiger partial charge in [0.1, 0.15) is 0 Å². The van der Waals surface area contributed by atoms with Gasteiger partial charge in [-0.1, -0.05) is 13.8 Å². The fraction of sp³-hybridized carbons (Fsp3) is 0.867. The van der Waals surface area contributed by atoms with Gasteiger partial charge in [-0.15, -0.1) is 0 Å². The zero-order valence-corrected chi connectivity index (χ0v) is 13.1. The fourth-order valence-corrected chi connectivity index (χ4v) is 2.57. The number of amides is 2. The van der Waals surface area contributed by atoms with Crippen LogP contribution in [0.1, 0.15) is 46.0 Å². The monoisotopic (exact) mass is 300 g/mol.